The van der Waals surface area contributed by atoms with Crippen LogP contribution in [0.4, 0.5) is 5.69 Å². The van der Waals surface area contributed by atoms with Gasteiger partial charge in [0.2, 0.25) is 0 Å². The lowest BCUT2D eigenvalue weighted by Gasteiger charge is -1.97. The highest BCUT2D eigenvalue weighted by Crippen LogP contribution is 2.25. The smallest absolute Gasteiger partial charge is 0.307 e. The molecule has 4 rings (SSSR count). The van der Waals surface area contributed by atoms with Gasteiger partial charge in [-0.05, 0) is 36.4 Å². The zero-order chi connectivity index (χ0) is 20.4. The molecule has 0 atom stereocenters. The molecule has 0 aliphatic heterocycles. The summed E-state index contributed by atoms with van der Waals surface area (Å²) in [6.07, 6.45) is 1.35. The van der Waals surface area contributed by atoms with Crippen molar-refractivity contribution in [1.82, 2.24) is 5.43 Å². The lowest BCUT2D eigenvalue weighted by Crippen LogP contribution is -2.16. The number of hydrogen-bond donors (Lipinski definition) is 1. The Morgan fingerprint density at radius 2 is 1.97 bits per heavy atom. The number of nitrogens with one attached hydrogen (secondary N) is 1. The Bertz CT molecular complexity index is 1260. The van der Waals surface area contributed by atoms with E-state index < -0.39 is 10.8 Å². The first-order valence-corrected chi connectivity index (χ1v) is 8.74. The van der Waals surface area contributed by atoms with Crippen LogP contribution in [0.3, 0.4) is 0 Å². The maximum Gasteiger partial charge on any atom is 0.307 e. The van der Waals surface area contributed by atoms with Crippen molar-refractivity contribution in [3.63, 3.8) is 0 Å². The van der Waals surface area contributed by atoms with Crippen molar-refractivity contribution in [2.75, 3.05) is 0 Å². The van der Waals surface area contributed by atoms with Crippen molar-refractivity contribution >= 4 is 40.4 Å². The number of carbonyl (C=O) groups excluding carboxylic acids is 1. The third-order valence-electron chi connectivity index (χ3n) is 4.03. The van der Waals surface area contributed by atoms with Gasteiger partial charge < -0.3 is 8.83 Å². The van der Waals surface area contributed by atoms with Crippen LogP contribution in [0, 0.1) is 10.1 Å². The molecule has 0 spiro atoms. The van der Waals surface area contributed by atoms with E-state index in [1.807, 2.05) is 12.1 Å². The van der Waals surface area contributed by atoms with Crippen LogP contribution in [0.1, 0.15) is 16.3 Å². The normalized spacial score (nSPS) is 11.2. The molecule has 0 bridgehead atoms. The molecule has 0 fully saturated rings. The molecular weight excluding hydrogens is 398 g/mol. The van der Waals surface area contributed by atoms with Crippen molar-refractivity contribution in [3.8, 4) is 11.3 Å². The summed E-state index contributed by atoms with van der Waals surface area (Å²) in [5, 5.41) is 15.7. The summed E-state index contributed by atoms with van der Waals surface area (Å²) in [5.41, 5.74) is 3.42. The molecule has 2 heterocycles. The van der Waals surface area contributed by atoms with E-state index in [0.29, 0.717) is 27.5 Å². The first-order chi connectivity index (χ1) is 14.0. The highest BCUT2D eigenvalue weighted by molar-refractivity contribution is 6.30. The highest BCUT2D eigenvalue weighted by atomic mass is 35.5. The number of furan rings is 2. The maximum absolute atomic E-state index is 12.2. The van der Waals surface area contributed by atoms with Gasteiger partial charge in [-0.1, -0.05) is 23.7 Å². The molecule has 1 amide bonds. The fourth-order valence-corrected chi connectivity index (χ4v) is 2.88. The number of hydrogen-bond acceptors (Lipinski definition) is 6. The Kier molecular flexibility index (Phi) is 4.84. The molecular formula is C20H12ClN3O5. The molecule has 4 aromatic rings. The minimum atomic E-state index is -0.596. The SMILES string of the molecule is O=C(N/N=C\c1ccc(-c2cccc(Cl)c2)o1)c1cc2cc([N+](=O)[O-])ccc2o1. The first kappa shape index (κ1) is 18.5. The highest BCUT2D eigenvalue weighted by Gasteiger charge is 2.14. The number of hydrazone groups is 1. The lowest BCUT2D eigenvalue weighted by molar-refractivity contribution is -0.384. The van der Waals surface area contributed by atoms with Crippen LogP contribution in [0.15, 0.2) is 74.6 Å². The molecule has 8 nitrogen and oxygen atoms in total. The molecule has 2 aromatic carbocycles. The minimum Gasteiger partial charge on any atom is -0.455 e. The molecule has 0 radical (unpaired) electrons. The number of carbonyl (C=O) groups is 1. The summed E-state index contributed by atoms with van der Waals surface area (Å²) in [7, 11) is 0. The van der Waals surface area contributed by atoms with Crippen molar-refractivity contribution < 1.29 is 18.6 Å². The number of nitro groups is 1. The summed E-state index contributed by atoms with van der Waals surface area (Å²) in [6, 6.07) is 16.2. The molecule has 0 aliphatic carbocycles. The second-order valence-electron chi connectivity index (χ2n) is 6.00. The summed E-state index contributed by atoms with van der Waals surface area (Å²) < 4.78 is 11.0. The predicted molar refractivity (Wildman–Crippen MR) is 107 cm³/mol. The fourth-order valence-electron chi connectivity index (χ4n) is 2.68. The van der Waals surface area contributed by atoms with Crippen molar-refractivity contribution in [1.29, 1.82) is 0 Å². The number of rotatable bonds is 5. The van der Waals surface area contributed by atoms with Crippen molar-refractivity contribution in [3.05, 3.63) is 87.3 Å². The summed E-state index contributed by atoms with van der Waals surface area (Å²) in [6.45, 7) is 0. The average molecular weight is 410 g/mol. The largest absolute Gasteiger partial charge is 0.455 e. The van der Waals surface area contributed by atoms with Gasteiger partial charge in [-0.15, -0.1) is 0 Å². The van der Waals surface area contributed by atoms with Gasteiger partial charge in [-0.2, -0.15) is 5.10 Å². The molecule has 9 heteroatoms. The van der Waals surface area contributed by atoms with E-state index in [9.17, 15) is 14.9 Å². The van der Waals surface area contributed by atoms with E-state index in [4.69, 9.17) is 20.4 Å². The molecule has 2 aromatic heterocycles. The topological polar surface area (TPSA) is 111 Å². The quantitative estimate of drug-likeness (QED) is 0.282. The molecule has 0 saturated carbocycles. The molecule has 0 unspecified atom stereocenters. The average Bonchev–Trinajstić information content (AvgIpc) is 3.34. The number of amides is 1. The van der Waals surface area contributed by atoms with E-state index in [0.717, 1.165) is 5.56 Å². The van der Waals surface area contributed by atoms with Gasteiger partial charge in [0.15, 0.2) is 5.76 Å². The van der Waals surface area contributed by atoms with E-state index in [-0.39, 0.29) is 11.4 Å². The third-order valence-corrected chi connectivity index (χ3v) is 4.26. The van der Waals surface area contributed by atoms with Crippen LogP contribution < -0.4 is 5.43 Å². The maximum atomic E-state index is 12.2. The Balaban J connectivity index is 1.45. The minimum absolute atomic E-state index is 0.0169. The third kappa shape index (κ3) is 4.02. The number of halogens is 1. The Morgan fingerprint density at radius 1 is 1.10 bits per heavy atom. The number of fused-ring (bicyclic) bond motifs is 1. The van der Waals surface area contributed by atoms with Crippen LogP contribution in [0.5, 0.6) is 0 Å². The van der Waals surface area contributed by atoms with E-state index >= 15 is 0 Å². The van der Waals surface area contributed by atoms with Crippen LogP contribution >= 0.6 is 11.6 Å². The van der Waals surface area contributed by atoms with Crippen LogP contribution in [0.2, 0.25) is 5.02 Å². The second-order valence-corrected chi connectivity index (χ2v) is 6.44. The zero-order valence-electron chi connectivity index (χ0n) is 14.7. The van der Waals surface area contributed by atoms with Crippen molar-refractivity contribution in [2.24, 2.45) is 5.10 Å². The fraction of sp³-hybridized carbons (Fsp3) is 0. The van der Waals surface area contributed by atoms with Crippen molar-refractivity contribution in [2.45, 2.75) is 0 Å². The standard InChI is InChI=1S/C20H12ClN3O5/c21-14-3-1-2-12(8-14)17-7-5-16(28-17)11-22-23-20(25)19-10-13-9-15(24(26)27)4-6-18(13)29-19/h1-11H,(H,23,25)/b22-11-. The zero-order valence-corrected chi connectivity index (χ0v) is 15.4. The Labute approximate surface area is 168 Å². The predicted octanol–water partition coefficient (Wildman–Crippen LogP) is 5.02. The van der Waals surface area contributed by atoms with Gasteiger partial charge in [0, 0.05) is 28.1 Å². The van der Waals surface area contributed by atoms with Crippen LogP contribution in [0.25, 0.3) is 22.3 Å². The van der Waals surface area contributed by atoms with Crippen LogP contribution in [-0.4, -0.2) is 17.0 Å². The van der Waals surface area contributed by atoms with Gasteiger partial charge in [-0.25, -0.2) is 5.43 Å². The molecule has 29 heavy (non-hydrogen) atoms. The molecule has 1 N–H and O–H groups in total. The van der Waals surface area contributed by atoms with Gasteiger partial charge >= 0.3 is 5.91 Å². The van der Waals surface area contributed by atoms with E-state index in [2.05, 4.69) is 10.5 Å². The van der Waals surface area contributed by atoms with E-state index in [1.165, 1.54) is 30.5 Å². The Morgan fingerprint density at radius 3 is 2.76 bits per heavy atom. The second kappa shape index (κ2) is 7.61. The number of nitrogens with zero attached hydrogens (tertiary/aromatic N) is 2. The van der Waals surface area contributed by atoms with Crippen LogP contribution in [-0.2, 0) is 0 Å². The molecule has 0 saturated heterocycles. The lowest BCUT2D eigenvalue weighted by atomic mass is 10.2. The number of benzene rings is 2. The number of nitro benzene ring substituents is 1. The van der Waals surface area contributed by atoms with Gasteiger partial charge in [0.1, 0.15) is 17.1 Å². The summed E-state index contributed by atoms with van der Waals surface area (Å²) in [4.78, 5) is 22.5. The van der Waals surface area contributed by atoms with Gasteiger partial charge in [0.05, 0.1) is 11.1 Å². The molecule has 144 valence electrons. The summed E-state index contributed by atoms with van der Waals surface area (Å²) >= 11 is 5.97. The molecule has 0 aliphatic rings. The Hall–Kier alpha value is -3.91. The first-order valence-electron chi connectivity index (χ1n) is 8.37. The summed E-state index contributed by atoms with van der Waals surface area (Å²) in [5.74, 6) is 0.429. The number of non-ortho nitro benzene ring substituents is 1. The van der Waals surface area contributed by atoms with E-state index in [1.54, 1.807) is 24.3 Å². The van der Waals surface area contributed by atoms with Gasteiger partial charge in [-0.3, -0.25) is 14.9 Å². The van der Waals surface area contributed by atoms with Gasteiger partial charge in [0.25, 0.3) is 5.69 Å². The monoisotopic (exact) mass is 409 g/mol.